The van der Waals surface area contributed by atoms with Crippen LogP contribution in [0.2, 0.25) is 0 Å². The molecule has 0 aromatic rings. The number of nitrogens with one attached hydrogen (secondary N) is 1. The summed E-state index contributed by atoms with van der Waals surface area (Å²) >= 11 is 0. The van der Waals surface area contributed by atoms with Crippen molar-refractivity contribution in [2.45, 2.75) is 59.1 Å². The van der Waals surface area contributed by atoms with E-state index in [1.807, 2.05) is 13.8 Å². The Balaban J connectivity index is 2.83. The van der Waals surface area contributed by atoms with E-state index in [0.29, 0.717) is 12.8 Å². The summed E-state index contributed by atoms with van der Waals surface area (Å²) in [7, 11) is 0. The van der Waals surface area contributed by atoms with Crippen LogP contribution < -0.4 is 5.32 Å². The van der Waals surface area contributed by atoms with Gasteiger partial charge < -0.3 is 10.1 Å². The van der Waals surface area contributed by atoms with Crippen molar-refractivity contribution < 1.29 is 14.3 Å². The van der Waals surface area contributed by atoms with Gasteiger partial charge in [0.2, 0.25) is 0 Å². The largest absolute Gasteiger partial charge is 0.444 e. The summed E-state index contributed by atoms with van der Waals surface area (Å²) in [6, 6.07) is 1.41. The number of alkyl carbamates (subject to hydrolysis) is 1. The number of carbonyl (C=O) groups excluding carboxylic acids is 2. The fraction of sp³-hybridized carbons (Fsp3) is 0.750. The highest BCUT2D eigenvalue weighted by atomic mass is 16.6. The van der Waals surface area contributed by atoms with Crippen LogP contribution in [-0.4, -0.2) is 41.4 Å². The van der Waals surface area contributed by atoms with Gasteiger partial charge in [-0.05, 0) is 26.7 Å². The summed E-state index contributed by atoms with van der Waals surface area (Å²) in [6.45, 7) is 9.36. The predicted molar refractivity (Wildman–Crippen MR) is 86.5 cm³/mol. The lowest BCUT2D eigenvalue weighted by molar-refractivity contribution is -0.135. The lowest BCUT2D eigenvalue weighted by atomic mass is 9.97. The molecule has 0 saturated carbocycles. The van der Waals surface area contributed by atoms with Crippen LogP contribution in [0.25, 0.3) is 0 Å². The maximum atomic E-state index is 12.7. The molecule has 1 aliphatic rings. The Hall–Kier alpha value is -2.10. The van der Waals surface area contributed by atoms with Crippen LogP contribution in [0.1, 0.15) is 47.5 Å². The lowest BCUT2D eigenvalue weighted by Gasteiger charge is -2.30. The minimum atomic E-state index is -0.732. The molecule has 128 valence electrons. The zero-order valence-electron chi connectivity index (χ0n) is 14.5. The molecular weight excluding hydrogens is 296 g/mol. The molecule has 2 unspecified atom stereocenters. The van der Waals surface area contributed by atoms with E-state index in [1.165, 1.54) is 5.01 Å². The molecule has 0 fully saturated rings. The molecule has 0 spiro atoms. The number of ether oxygens (including phenoxy) is 1. The molecule has 0 aliphatic carbocycles. The van der Waals surface area contributed by atoms with Crippen LogP contribution in [0, 0.1) is 23.2 Å². The van der Waals surface area contributed by atoms with Crippen molar-refractivity contribution in [2.75, 3.05) is 6.54 Å². The average Bonchev–Trinajstić information content (AvgIpc) is 2.49. The monoisotopic (exact) mass is 322 g/mol. The zero-order valence-corrected chi connectivity index (χ0v) is 14.5. The summed E-state index contributed by atoms with van der Waals surface area (Å²) in [6.07, 6.45) is 2.18. The van der Waals surface area contributed by atoms with Crippen LogP contribution in [-0.2, 0) is 9.53 Å². The van der Waals surface area contributed by atoms with Crippen LogP contribution in [0.15, 0.2) is 5.10 Å². The predicted octanol–water partition coefficient (Wildman–Crippen LogP) is 2.28. The molecule has 0 saturated heterocycles. The van der Waals surface area contributed by atoms with Gasteiger partial charge in [0.05, 0.1) is 18.5 Å². The van der Waals surface area contributed by atoms with Gasteiger partial charge in [-0.1, -0.05) is 20.3 Å². The van der Waals surface area contributed by atoms with E-state index in [2.05, 4.69) is 16.5 Å². The SMILES string of the molecule is CCC(C)[C@H](NC(=O)OC(C)(C)C)C(=O)N1CC(C#N)CC=N1. The molecule has 1 aliphatic heterocycles. The number of amides is 2. The Morgan fingerprint density at radius 1 is 1.52 bits per heavy atom. The van der Waals surface area contributed by atoms with Gasteiger partial charge in [-0.2, -0.15) is 10.4 Å². The molecule has 0 aromatic carbocycles. The first kappa shape index (κ1) is 18.9. The van der Waals surface area contributed by atoms with E-state index in [0.717, 1.165) is 0 Å². The van der Waals surface area contributed by atoms with Crippen molar-refractivity contribution in [2.24, 2.45) is 16.9 Å². The molecule has 1 rings (SSSR count). The number of nitrogens with zero attached hydrogens (tertiary/aromatic N) is 3. The maximum absolute atomic E-state index is 12.7. The Bertz CT molecular complexity index is 504. The minimum absolute atomic E-state index is 0.0762. The highest BCUT2D eigenvalue weighted by Crippen LogP contribution is 2.17. The van der Waals surface area contributed by atoms with E-state index >= 15 is 0 Å². The normalized spacial score (nSPS) is 20.3. The number of rotatable bonds is 4. The van der Waals surface area contributed by atoms with Gasteiger partial charge in [-0.3, -0.25) is 4.79 Å². The van der Waals surface area contributed by atoms with E-state index < -0.39 is 17.7 Å². The smallest absolute Gasteiger partial charge is 0.408 e. The number of hydrazone groups is 1. The van der Waals surface area contributed by atoms with Crippen LogP contribution in [0.4, 0.5) is 4.79 Å². The van der Waals surface area contributed by atoms with Gasteiger partial charge in [-0.15, -0.1) is 0 Å². The van der Waals surface area contributed by atoms with Crippen molar-refractivity contribution in [3.8, 4) is 6.07 Å². The van der Waals surface area contributed by atoms with E-state index in [4.69, 9.17) is 10.00 Å². The summed E-state index contributed by atoms with van der Waals surface area (Å²) in [5, 5.41) is 17.0. The minimum Gasteiger partial charge on any atom is -0.444 e. The molecule has 7 nitrogen and oxygen atoms in total. The Labute approximate surface area is 137 Å². The van der Waals surface area contributed by atoms with Gasteiger partial charge in [-0.25, -0.2) is 9.80 Å². The molecule has 0 bridgehead atoms. The fourth-order valence-corrected chi connectivity index (χ4v) is 2.12. The highest BCUT2D eigenvalue weighted by Gasteiger charge is 2.33. The van der Waals surface area contributed by atoms with Crippen molar-refractivity contribution in [3.05, 3.63) is 0 Å². The standard InChI is InChI=1S/C16H26N4O3/c1-6-11(2)13(19-15(22)23-16(3,4)5)14(21)20-10-12(9-17)7-8-18-20/h8,11-13H,6-7,10H2,1-5H3,(H,19,22)/t11?,12?,13-/m0/s1. The first-order valence-corrected chi connectivity index (χ1v) is 7.90. The fourth-order valence-electron chi connectivity index (χ4n) is 2.12. The zero-order chi connectivity index (χ0) is 17.6. The molecule has 23 heavy (non-hydrogen) atoms. The van der Waals surface area contributed by atoms with E-state index in [9.17, 15) is 9.59 Å². The second kappa shape index (κ2) is 7.95. The molecule has 0 radical (unpaired) electrons. The molecule has 2 amide bonds. The van der Waals surface area contributed by atoms with Gasteiger partial charge in [0.15, 0.2) is 0 Å². The van der Waals surface area contributed by atoms with Crippen molar-refractivity contribution in [3.63, 3.8) is 0 Å². The third-order valence-corrected chi connectivity index (χ3v) is 3.59. The quantitative estimate of drug-likeness (QED) is 0.859. The first-order valence-electron chi connectivity index (χ1n) is 7.90. The maximum Gasteiger partial charge on any atom is 0.408 e. The molecule has 3 atom stereocenters. The van der Waals surface area contributed by atoms with E-state index in [1.54, 1.807) is 27.0 Å². The Morgan fingerprint density at radius 2 is 2.17 bits per heavy atom. The summed E-state index contributed by atoms with van der Waals surface area (Å²) < 4.78 is 5.23. The van der Waals surface area contributed by atoms with Gasteiger partial charge in [0, 0.05) is 12.6 Å². The summed E-state index contributed by atoms with van der Waals surface area (Å²) in [5.41, 5.74) is -0.637. The van der Waals surface area contributed by atoms with Gasteiger partial charge >= 0.3 is 6.09 Å². The van der Waals surface area contributed by atoms with Crippen molar-refractivity contribution in [1.29, 1.82) is 5.26 Å². The molecule has 1 N–H and O–H groups in total. The average molecular weight is 322 g/mol. The summed E-state index contributed by atoms with van der Waals surface area (Å²) in [4.78, 5) is 24.7. The topological polar surface area (TPSA) is 94.8 Å². The van der Waals surface area contributed by atoms with Crippen molar-refractivity contribution >= 4 is 18.2 Å². The third kappa shape index (κ3) is 5.89. The van der Waals surface area contributed by atoms with Gasteiger partial charge in [0.25, 0.3) is 5.91 Å². The Morgan fingerprint density at radius 3 is 2.70 bits per heavy atom. The second-order valence-electron chi connectivity index (χ2n) is 6.79. The van der Waals surface area contributed by atoms with Crippen LogP contribution >= 0.6 is 0 Å². The van der Waals surface area contributed by atoms with Gasteiger partial charge in [0.1, 0.15) is 11.6 Å². The number of carbonyl (C=O) groups is 2. The summed E-state index contributed by atoms with van der Waals surface area (Å²) in [5.74, 6) is -0.662. The molecular formula is C16H26N4O3. The highest BCUT2D eigenvalue weighted by molar-refractivity contribution is 5.86. The van der Waals surface area contributed by atoms with Crippen molar-refractivity contribution in [1.82, 2.24) is 10.3 Å². The molecule has 1 heterocycles. The number of nitriles is 1. The number of hydrogen-bond acceptors (Lipinski definition) is 5. The number of hydrogen-bond donors (Lipinski definition) is 1. The third-order valence-electron chi connectivity index (χ3n) is 3.59. The second-order valence-corrected chi connectivity index (χ2v) is 6.79. The van der Waals surface area contributed by atoms with Crippen LogP contribution in [0.5, 0.6) is 0 Å². The molecule has 0 aromatic heterocycles. The van der Waals surface area contributed by atoms with Crippen LogP contribution in [0.3, 0.4) is 0 Å². The van der Waals surface area contributed by atoms with E-state index in [-0.39, 0.29) is 24.3 Å². The molecule has 7 heteroatoms. The first-order chi connectivity index (χ1) is 10.7. The Kier molecular flexibility index (Phi) is 6.55. The lowest BCUT2D eigenvalue weighted by Crippen LogP contribution is -2.52.